The van der Waals surface area contributed by atoms with Crippen LogP contribution in [0.2, 0.25) is 0 Å². The first kappa shape index (κ1) is 23.5. The summed E-state index contributed by atoms with van der Waals surface area (Å²) >= 11 is 0. The number of nitrogens with zero attached hydrogens (tertiary/aromatic N) is 4. The molecule has 0 saturated carbocycles. The molecule has 6 nitrogen and oxygen atoms in total. The number of hydrogen-bond acceptors (Lipinski definition) is 5. The predicted molar refractivity (Wildman–Crippen MR) is 129 cm³/mol. The number of aryl methyl sites for hydroxylation is 1. The molecule has 0 unspecified atom stereocenters. The van der Waals surface area contributed by atoms with Crippen LogP contribution in [0.25, 0.3) is 22.2 Å². The van der Waals surface area contributed by atoms with E-state index in [0.29, 0.717) is 5.95 Å². The number of H-pyrrole nitrogens is 1. The van der Waals surface area contributed by atoms with Gasteiger partial charge in [-0.2, -0.15) is 4.98 Å². The number of anilines is 1. The second-order valence-corrected chi connectivity index (χ2v) is 9.73. The van der Waals surface area contributed by atoms with Crippen molar-refractivity contribution in [2.75, 3.05) is 11.9 Å². The van der Waals surface area contributed by atoms with E-state index in [1.165, 1.54) is 0 Å². The molecule has 3 aromatic heterocycles. The Kier molecular flexibility index (Phi) is 7.71. The monoisotopic (exact) mass is 408 g/mol. The van der Waals surface area contributed by atoms with Crippen molar-refractivity contribution < 1.29 is 0 Å². The molecule has 0 aliphatic carbocycles. The lowest BCUT2D eigenvalue weighted by molar-refractivity contribution is 0.442. The van der Waals surface area contributed by atoms with Gasteiger partial charge in [0.1, 0.15) is 5.65 Å². The molecule has 0 radical (unpaired) electrons. The molecule has 0 amide bonds. The van der Waals surface area contributed by atoms with Gasteiger partial charge in [-0.25, -0.2) is 15.0 Å². The van der Waals surface area contributed by atoms with Gasteiger partial charge >= 0.3 is 0 Å². The van der Waals surface area contributed by atoms with Gasteiger partial charge in [0.15, 0.2) is 5.82 Å². The summed E-state index contributed by atoms with van der Waals surface area (Å²) in [7, 11) is 0. The molecule has 3 aromatic rings. The van der Waals surface area contributed by atoms with Crippen molar-refractivity contribution in [3.8, 4) is 11.1 Å². The fourth-order valence-corrected chi connectivity index (χ4v) is 2.62. The summed E-state index contributed by atoms with van der Waals surface area (Å²) in [5, 5.41) is 4.27. The largest absolute Gasteiger partial charge is 0.354 e. The zero-order valence-corrected chi connectivity index (χ0v) is 19.9. The molecule has 2 N–H and O–H groups in total. The molecule has 3 rings (SSSR count). The maximum atomic E-state index is 4.58. The summed E-state index contributed by atoms with van der Waals surface area (Å²) in [6.45, 7) is 19.8. The van der Waals surface area contributed by atoms with Crippen LogP contribution in [0, 0.1) is 18.3 Å². The predicted octanol–water partition coefficient (Wildman–Crippen LogP) is 6.56. The smallest absolute Gasteiger partial charge is 0.224 e. The average Bonchev–Trinajstić information content (AvgIpc) is 3.03. The summed E-state index contributed by atoms with van der Waals surface area (Å²) in [6.07, 6.45) is 5.66. The first-order valence-corrected chi connectivity index (χ1v) is 10.5. The number of aromatic nitrogens is 4. The highest BCUT2D eigenvalue weighted by Crippen LogP contribution is 2.30. The lowest BCUT2D eigenvalue weighted by Gasteiger charge is -2.18. The van der Waals surface area contributed by atoms with E-state index in [1.54, 1.807) is 0 Å². The van der Waals surface area contributed by atoms with Gasteiger partial charge in [0.05, 0.1) is 0 Å². The topological polar surface area (TPSA) is 78.8 Å². The zero-order chi connectivity index (χ0) is 22.5. The van der Waals surface area contributed by atoms with E-state index in [4.69, 9.17) is 0 Å². The Balaban J connectivity index is 0.000000735. The van der Waals surface area contributed by atoms with Crippen LogP contribution in [0.4, 0.5) is 11.8 Å². The standard InChI is InChI=1S/C20H26N6.C4H10/c1-12(2)25-17-13(3)7-14(8-21-17)15-9-22-18-16(15)10-23-19(26-18)24-11-20(4,5)6;1-4(2)3/h7-10H,11H2,1-6H3,(H2,22,23,24,26);4H,1-3H3. The Morgan fingerprint density at radius 1 is 1.13 bits per heavy atom. The number of aliphatic imine (C=N–C) groups is 1. The van der Waals surface area contributed by atoms with Crippen molar-refractivity contribution in [3.63, 3.8) is 0 Å². The van der Waals surface area contributed by atoms with Crippen molar-refractivity contribution in [2.45, 2.75) is 62.3 Å². The van der Waals surface area contributed by atoms with Gasteiger partial charge in [0.2, 0.25) is 5.95 Å². The number of nitrogens with one attached hydrogen (secondary N) is 2. The van der Waals surface area contributed by atoms with E-state index < -0.39 is 0 Å². The van der Waals surface area contributed by atoms with Gasteiger partial charge in [-0.1, -0.05) is 41.5 Å². The molecular weight excluding hydrogens is 372 g/mol. The summed E-state index contributed by atoms with van der Waals surface area (Å²) in [5.41, 5.74) is 5.09. The quantitative estimate of drug-likeness (QED) is 0.479. The molecule has 30 heavy (non-hydrogen) atoms. The minimum absolute atomic E-state index is 0.170. The number of hydrogen-bond donors (Lipinski definition) is 2. The SMILES string of the molecule is CC(C)=Nc1ncc(-c2c[nH]c3nc(NCC(C)(C)C)ncc23)cc1C.CC(C)C. The first-order valence-electron chi connectivity index (χ1n) is 10.5. The molecule has 6 heteroatoms. The summed E-state index contributed by atoms with van der Waals surface area (Å²) < 4.78 is 0. The van der Waals surface area contributed by atoms with E-state index in [2.05, 4.69) is 77.9 Å². The van der Waals surface area contributed by atoms with Gasteiger partial charge in [-0.3, -0.25) is 0 Å². The highest BCUT2D eigenvalue weighted by molar-refractivity contribution is 5.93. The Labute approximate surface area is 180 Å². The third-order valence-corrected chi connectivity index (χ3v) is 3.90. The van der Waals surface area contributed by atoms with E-state index in [0.717, 1.165) is 51.7 Å². The summed E-state index contributed by atoms with van der Waals surface area (Å²) in [4.78, 5) is 21.3. The minimum atomic E-state index is 0.170. The molecule has 0 bridgehead atoms. The Hall–Kier alpha value is -2.76. The molecule has 0 aliphatic heterocycles. The minimum Gasteiger partial charge on any atom is -0.354 e. The second-order valence-electron chi connectivity index (χ2n) is 9.73. The second kappa shape index (κ2) is 9.83. The Morgan fingerprint density at radius 2 is 1.80 bits per heavy atom. The van der Waals surface area contributed by atoms with E-state index in [1.807, 2.05) is 39.4 Å². The van der Waals surface area contributed by atoms with Gasteiger partial charge < -0.3 is 10.3 Å². The molecule has 3 heterocycles. The molecule has 162 valence electrons. The maximum absolute atomic E-state index is 4.58. The van der Waals surface area contributed by atoms with Crippen LogP contribution >= 0.6 is 0 Å². The van der Waals surface area contributed by atoms with E-state index in [-0.39, 0.29) is 5.41 Å². The molecular formula is C24H36N6. The number of rotatable bonds is 4. The molecule has 0 aromatic carbocycles. The third kappa shape index (κ3) is 6.94. The van der Waals surface area contributed by atoms with Crippen molar-refractivity contribution in [3.05, 3.63) is 30.2 Å². The molecule has 0 saturated heterocycles. The van der Waals surface area contributed by atoms with E-state index >= 15 is 0 Å². The zero-order valence-electron chi connectivity index (χ0n) is 19.9. The number of fused-ring (bicyclic) bond motifs is 1. The van der Waals surface area contributed by atoms with Crippen molar-refractivity contribution in [1.29, 1.82) is 0 Å². The normalized spacial score (nSPS) is 11.3. The highest BCUT2D eigenvalue weighted by Gasteiger charge is 2.13. The lowest BCUT2D eigenvalue weighted by atomic mass is 9.97. The highest BCUT2D eigenvalue weighted by atomic mass is 15.1. The van der Waals surface area contributed by atoms with Crippen LogP contribution in [0.1, 0.15) is 61.0 Å². The van der Waals surface area contributed by atoms with Crippen LogP contribution in [-0.4, -0.2) is 32.2 Å². The first-order chi connectivity index (χ1) is 14.0. The molecule has 0 spiro atoms. The van der Waals surface area contributed by atoms with Crippen LogP contribution in [0.5, 0.6) is 0 Å². The van der Waals surface area contributed by atoms with Crippen molar-refractivity contribution in [1.82, 2.24) is 19.9 Å². The molecule has 0 atom stereocenters. The third-order valence-electron chi connectivity index (χ3n) is 3.90. The van der Waals surface area contributed by atoms with Crippen LogP contribution in [-0.2, 0) is 0 Å². The number of pyridine rings is 1. The fourth-order valence-electron chi connectivity index (χ4n) is 2.62. The summed E-state index contributed by atoms with van der Waals surface area (Å²) in [6, 6.07) is 2.10. The van der Waals surface area contributed by atoms with Crippen LogP contribution in [0.15, 0.2) is 29.6 Å². The van der Waals surface area contributed by atoms with E-state index in [9.17, 15) is 0 Å². The van der Waals surface area contributed by atoms with Gasteiger partial charge in [0.25, 0.3) is 0 Å². The van der Waals surface area contributed by atoms with Crippen LogP contribution < -0.4 is 5.32 Å². The fraction of sp³-hybridized carbons (Fsp3) is 0.500. The lowest BCUT2D eigenvalue weighted by Crippen LogP contribution is -2.20. The average molecular weight is 409 g/mol. The van der Waals surface area contributed by atoms with Gasteiger partial charge in [-0.15, -0.1) is 0 Å². The summed E-state index contributed by atoms with van der Waals surface area (Å²) in [5.74, 6) is 2.23. The molecule has 0 aliphatic rings. The number of aromatic amines is 1. The molecule has 0 fully saturated rings. The van der Waals surface area contributed by atoms with Crippen molar-refractivity contribution in [2.24, 2.45) is 16.3 Å². The Bertz CT molecular complexity index is 1000. The van der Waals surface area contributed by atoms with Crippen LogP contribution in [0.3, 0.4) is 0 Å². The maximum Gasteiger partial charge on any atom is 0.224 e. The van der Waals surface area contributed by atoms with Gasteiger partial charge in [0, 0.05) is 47.4 Å². The van der Waals surface area contributed by atoms with Gasteiger partial charge in [-0.05, 0) is 43.7 Å². The Morgan fingerprint density at radius 3 is 2.37 bits per heavy atom. The van der Waals surface area contributed by atoms with Crippen molar-refractivity contribution >= 4 is 28.5 Å².